The highest BCUT2D eigenvalue weighted by Gasteiger charge is 2.20. The van der Waals surface area contributed by atoms with Crippen molar-refractivity contribution in [3.05, 3.63) is 59.7 Å². The molecule has 2 aromatic carbocycles. The minimum absolute atomic E-state index is 0.175. The molecule has 0 aromatic heterocycles. The van der Waals surface area contributed by atoms with Crippen molar-refractivity contribution in [2.75, 3.05) is 0 Å². The van der Waals surface area contributed by atoms with Crippen molar-refractivity contribution in [3.8, 4) is 11.5 Å². The second-order valence-corrected chi connectivity index (χ2v) is 9.08. The molecule has 0 bridgehead atoms. The molecule has 0 unspecified atom stereocenters. The predicted octanol–water partition coefficient (Wildman–Crippen LogP) is 7.72. The zero-order chi connectivity index (χ0) is 21.2. The average molecular weight is 385 g/mol. The van der Waals surface area contributed by atoms with Gasteiger partial charge in [-0.15, -0.1) is 0 Å². The zero-order valence-electron chi connectivity index (χ0n) is 18.8. The molecule has 0 saturated heterocycles. The predicted molar refractivity (Wildman–Crippen MR) is 121 cm³/mol. The Kier molecular flexibility index (Phi) is 9.58. The van der Waals surface area contributed by atoms with E-state index in [4.69, 9.17) is 0 Å². The number of rotatable bonds is 8. The van der Waals surface area contributed by atoms with E-state index in [1.165, 1.54) is 49.7 Å². The maximum atomic E-state index is 9.40. The van der Waals surface area contributed by atoms with Gasteiger partial charge in [-0.05, 0) is 59.1 Å². The van der Waals surface area contributed by atoms with E-state index in [1.54, 1.807) is 12.1 Å². The fourth-order valence-corrected chi connectivity index (χ4v) is 3.38. The molecule has 2 N–H and O–H groups in total. The first-order chi connectivity index (χ1) is 13.1. The van der Waals surface area contributed by atoms with Gasteiger partial charge in [0.05, 0.1) is 0 Å². The van der Waals surface area contributed by atoms with Gasteiger partial charge in [0.15, 0.2) is 0 Å². The number of aromatic hydroxyl groups is 2. The minimum atomic E-state index is 0.175. The van der Waals surface area contributed by atoms with Crippen molar-refractivity contribution in [1.82, 2.24) is 0 Å². The first-order valence-corrected chi connectivity index (χ1v) is 10.7. The second-order valence-electron chi connectivity index (χ2n) is 9.08. The summed E-state index contributed by atoms with van der Waals surface area (Å²) in [5, 5.41) is 18.8. The topological polar surface area (TPSA) is 40.5 Å². The summed E-state index contributed by atoms with van der Waals surface area (Å²) < 4.78 is 0. The maximum absolute atomic E-state index is 9.40. The molecule has 2 aromatic rings. The average Bonchev–Trinajstić information content (AvgIpc) is 2.65. The first-order valence-electron chi connectivity index (χ1n) is 10.7. The molecule has 2 rings (SSSR count). The Labute approximate surface area is 172 Å². The van der Waals surface area contributed by atoms with Crippen molar-refractivity contribution < 1.29 is 10.2 Å². The molecule has 0 aliphatic rings. The number of hydrogen-bond acceptors (Lipinski definition) is 2. The second kappa shape index (κ2) is 11.1. The van der Waals surface area contributed by atoms with E-state index < -0.39 is 0 Å². The van der Waals surface area contributed by atoms with Crippen LogP contribution < -0.4 is 0 Å². The van der Waals surface area contributed by atoms with Crippen molar-refractivity contribution in [1.29, 1.82) is 0 Å². The summed E-state index contributed by atoms with van der Waals surface area (Å²) in [6.07, 6.45) is 7.27. The van der Waals surface area contributed by atoms with Crippen LogP contribution in [0.3, 0.4) is 0 Å². The van der Waals surface area contributed by atoms with Crippen LogP contribution in [0.5, 0.6) is 11.5 Å². The van der Waals surface area contributed by atoms with Gasteiger partial charge < -0.3 is 10.2 Å². The van der Waals surface area contributed by atoms with Gasteiger partial charge in [-0.2, -0.15) is 0 Å². The van der Waals surface area contributed by atoms with Gasteiger partial charge in [0.2, 0.25) is 0 Å². The van der Waals surface area contributed by atoms with Crippen molar-refractivity contribution >= 4 is 0 Å². The molecule has 0 aliphatic heterocycles. The molecule has 0 amide bonds. The molecular formula is C26H40O2. The van der Waals surface area contributed by atoms with E-state index in [0.717, 1.165) is 0 Å². The van der Waals surface area contributed by atoms with Crippen LogP contribution in [-0.2, 0) is 10.8 Å². The normalized spacial score (nSPS) is 11.6. The molecule has 28 heavy (non-hydrogen) atoms. The smallest absolute Gasteiger partial charge is 0.115 e. The Morgan fingerprint density at radius 3 is 1.29 bits per heavy atom. The Morgan fingerprint density at radius 2 is 1.00 bits per heavy atom. The van der Waals surface area contributed by atoms with Crippen LogP contribution in [0, 0.1) is 0 Å². The van der Waals surface area contributed by atoms with Crippen LogP contribution >= 0.6 is 0 Å². The van der Waals surface area contributed by atoms with Gasteiger partial charge in [-0.25, -0.2) is 0 Å². The van der Waals surface area contributed by atoms with Gasteiger partial charge in [-0.3, -0.25) is 0 Å². The monoisotopic (exact) mass is 384 g/mol. The van der Waals surface area contributed by atoms with E-state index in [2.05, 4.69) is 53.7 Å². The van der Waals surface area contributed by atoms with Gasteiger partial charge in [0.25, 0.3) is 0 Å². The van der Waals surface area contributed by atoms with Crippen molar-refractivity contribution in [3.63, 3.8) is 0 Å². The van der Waals surface area contributed by atoms with Crippen molar-refractivity contribution in [2.45, 2.75) is 90.9 Å². The zero-order valence-corrected chi connectivity index (χ0v) is 18.8. The van der Waals surface area contributed by atoms with Crippen LogP contribution in [0.4, 0.5) is 0 Å². The van der Waals surface area contributed by atoms with Crippen LogP contribution in [0.15, 0.2) is 48.5 Å². The quantitative estimate of drug-likeness (QED) is 0.489. The third-order valence-electron chi connectivity index (χ3n) is 5.57. The van der Waals surface area contributed by atoms with Crippen LogP contribution in [0.2, 0.25) is 0 Å². The lowest BCUT2D eigenvalue weighted by molar-refractivity contribution is 0.445. The Hall–Kier alpha value is -1.96. The molecule has 0 fully saturated rings. The Morgan fingerprint density at radius 1 is 0.643 bits per heavy atom. The summed E-state index contributed by atoms with van der Waals surface area (Å²) in [6.45, 7) is 13.3. The third kappa shape index (κ3) is 7.96. The van der Waals surface area contributed by atoms with Gasteiger partial charge in [0.1, 0.15) is 11.5 Å². The fourth-order valence-electron chi connectivity index (χ4n) is 3.38. The molecular weight excluding hydrogens is 344 g/mol. The Balaban J connectivity index is 0.000000280. The number of unbranched alkanes of at least 4 members (excludes halogenated alkanes) is 2. The molecule has 0 radical (unpaired) electrons. The van der Waals surface area contributed by atoms with E-state index in [0.29, 0.717) is 11.5 Å². The minimum Gasteiger partial charge on any atom is -0.508 e. The summed E-state index contributed by atoms with van der Waals surface area (Å²) in [4.78, 5) is 0. The lowest BCUT2D eigenvalue weighted by Crippen LogP contribution is -2.16. The molecule has 2 heteroatoms. The third-order valence-corrected chi connectivity index (χ3v) is 5.57. The van der Waals surface area contributed by atoms with Crippen LogP contribution in [-0.4, -0.2) is 10.2 Å². The van der Waals surface area contributed by atoms with Crippen LogP contribution in [0.25, 0.3) is 0 Å². The maximum Gasteiger partial charge on any atom is 0.115 e. The molecule has 2 nitrogen and oxygen atoms in total. The van der Waals surface area contributed by atoms with E-state index >= 15 is 0 Å². The van der Waals surface area contributed by atoms with E-state index in [-0.39, 0.29) is 10.8 Å². The molecule has 0 spiro atoms. The highest BCUT2D eigenvalue weighted by Crippen LogP contribution is 2.31. The lowest BCUT2D eigenvalue weighted by Gasteiger charge is -2.25. The summed E-state index contributed by atoms with van der Waals surface area (Å²) in [5.41, 5.74) is 2.81. The molecule has 0 heterocycles. The first kappa shape index (κ1) is 24.1. The Bertz CT molecular complexity index is 640. The molecule has 0 saturated carbocycles. The number of phenols is 2. The highest BCUT2D eigenvalue weighted by atomic mass is 16.3. The van der Waals surface area contributed by atoms with Crippen LogP contribution in [0.1, 0.15) is 91.2 Å². The largest absolute Gasteiger partial charge is 0.508 e. The standard InChI is InChI=1S/2C13H20O/c2*1-4-5-9-13(2,3)11-7-6-8-12(14)10-11/h2*6-8,10,14H,4-5,9H2,1-3H3. The van der Waals surface area contributed by atoms with E-state index in [9.17, 15) is 10.2 Å². The summed E-state index contributed by atoms with van der Waals surface area (Å²) in [6, 6.07) is 15.2. The highest BCUT2D eigenvalue weighted by molar-refractivity contribution is 5.32. The fraction of sp³-hybridized carbons (Fsp3) is 0.538. The number of hydrogen-bond donors (Lipinski definition) is 2. The summed E-state index contributed by atoms with van der Waals surface area (Å²) in [5.74, 6) is 0.735. The van der Waals surface area contributed by atoms with Gasteiger partial charge in [-0.1, -0.05) is 91.5 Å². The van der Waals surface area contributed by atoms with Crippen molar-refractivity contribution in [2.24, 2.45) is 0 Å². The summed E-state index contributed by atoms with van der Waals surface area (Å²) >= 11 is 0. The molecule has 0 atom stereocenters. The molecule has 0 aliphatic carbocycles. The number of benzene rings is 2. The van der Waals surface area contributed by atoms with E-state index in [1.807, 2.05) is 24.3 Å². The summed E-state index contributed by atoms with van der Waals surface area (Å²) in [7, 11) is 0. The van der Waals surface area contributed by atoms with Gasteiger partial charge >= 0.3 is 0 Å². The lowest BCUT2D eigenvalue weighted by atomic mass is 9.80. The molecule has 156 valence electrons. The van der Waals surface area contributed by atoms with Gasteiger partial charge in [0, 0.05) is 0 Å². The SMILES string of the molecule is CCCCC(C)(C)c1cccc(O)c1.CCCCC(C)(C)c1cccc(O)c1. The number of phenolic OH excluding ortho intramolecular Hbond substituents is 2.